The quantitative estimate of drug-likeness (QED) is 0.889. The van der Waals surface area contributed by atoms with Crippen molar-refractivity contribution in [2.45, 2.75) is 13.3 Å². The van der Waals surface area contributed by atoms with E-state index >= 15 is 0 Å². The summed E-state index contributed by atoms with van der Waals surface area (Å²) in [6.45, 7) is 2.62. The predicted octanol–water partition coefficient (Wildman–Crippen LogP) is 2.13. The van der Waals surface area contributed by atoms with Crippen LogP contribution in [0.25, 0.3) is 5.52 Å². The van der Waals surface area contributed by atoms with Crippen molar-refractivity contribution in [2.75, 3.05) is 6.54 Å². The van der Waals surface area contributed by atoms with Gasteiger partial charge in [0.15, 0.2) is 5.69 Å². The first-order valence-electron chi connectivity index (χ1n) is 5.15. The third-order valence-electron chi connectivity index (χ3n) is 2.23. The molecule has 2 rings (SSSR count). The summed E-state index contributed by atoms with van der Waals surface area (Å²) in [6.07, 6.45) is 2.65. The van der Waals surface area contributed by atoms with E-state index in [-0.39, 0.29) is 11.6 Å². The van der Waals surface area contributed by atoms with Gasteiger partial charge < -0.3 is 5.32 Å². The zero-order valence-corrected chi connectivity index (χ0v) is 9.66. The lowest BCUT2D eigenvalue weighted by Crippen LogP contribution is -2.24. The highest BCUT2D eigenvalue weighted by Crippen LogP contribution is 2.21. The number of nitrogens with one attached hydrogen (secondary N) is 1. The van der Waals surface area contributed by atoms with Gasteiger partial charge in [0.25, 0.3) is 5.91 Å². The highest BCUT2D eigenvalue weighted by Gasteiger charge is 2.16. The molecule has 84 valence electrons. The summed E-state index contributed by atoms with van der Waals surface area (Å²) >= 11 is 6.09. The van der Waals surface area contributed by atoms with Gasteiger partial charge in [0, 0.05) is 12.7 Å². The average molecular weight is 238 g/mol. The van der Waals surface area contributed by atoms with E-state index in [1.165, 1.54) is 0 Å². The molecule has 0 radical (unpaired) electrons. The van der Waals surface area contributed by atoms with E-state index in [1.54, 1.807) is 10.7 Å². The second kappa shape index (κ2) is 4.53. The van der Waals surface area contributed by atoms with Crippen molar-refractivity contribution < 1.29 is 4.79 Å². The van der Waals surface area contributed by atoms with Crippen LogP contribution in [0.3, 0.4) is 0 Å². The summed E-state index contributed by atoms with van der Waals surface area (Å²) in [5.74, 6) is -0.226. The number of fused-ring (bicyclic) bond motifs is 1. The van der Waals surface area contributed by atoms with Crippen LogP contribution < -0.4 is 5.32 Å². The van der Waals surface area contributed by atoms with E-state index in [1.807, 2.05) is 25.1 Å². The van der Waals surface area contributed by atoms with Crippen LogP contribution in [0.15, 0.2) is 24.4 Å². The van der Waals surface area contributed by atoms with Crippen LogP contribution in [0.4, 0.5) is 0 Å². The molecular weight excluding hydrogens is 226 g/mol. The van der Waals surface area contributed by atoms with E-state index in [9.17, 15) is 4.79 Å². The molecule has 0 saturated carbocycles. The Bertz CT molecular complexity index is 521. The van der Waals surface area contributed by atoms with E-state index in [0.29, 0.717) is 11.6 Å². The third kappa shape index (κ3) is 1.88. The Morgan fingerprint density at radius 1 is 1.56 bits per heavy atom. The second-order valence-corrected chi connectivity index (χ2v) is 3.83. The van der Waals surface area contributed by atoms with E-state index in [2.05, 4.69) is 10.4 Å². The molecule has 0 bridgehead atoms. The first kappa shape index (κ1) is 11.0. The Morgan fingerprint density at radius 2 is 2.38 bits per heavy atom. The summed E-state index contributed by atoms with van der Waals surface area (Å²) in [5, 5.41) is 7.29. The fourth-order valence-electron chi connectivity index (χ4n) is 1.44. The van der Waals surface area contributed by atoms with Gasteiger partial charge in [-0.05, 0) is 18.6 Å². The molecule has 1 N–H and O–H groups in total. The minimum atomic E-state index is -0.226. The zero-order chi connectivity index (χ0) is 11.5. The fourth-order valence-corrected chi connectivity index (χ4v) is 1.71. The molecule has 0 aromatic carbocycles. The summed E-state index contributed by atoms with van der Waals surface area (Å²) in [5.41, 5.74) is 1.02. The fraction of sp³-hybridized carbons (Fsp3) is 0.273. The van der Waals surface area contributed by atoms with Gasteiger partial charge in [-0.15, -0.1) is 0 Å². The lowest BCUT2D eigenvalue weighted by molar-refractivity contribution is 0.0948. The normalized spacial score (nSPS) is 10.6. The Balaban J connectivity index is 2.37. The van der Waals surface area contributed by atoms with Crippen LogP contribution in [0.2, 0.25) is 5.02 Å². The molecule has 0 fully saturated rings. The molecule has 0 spiro atoms. The maximum atomic E-state index is 11.7. The molecule has 2 aromatic rings. The molecule has 5 heteroatoms. The van der Waals surface area contributed by atoms with E-state index in [4.69, 9.17) is 11.6 Å². The number of amides is 1. The van der Waals surface area contributed by atoms with Gasteiger partial charge in [0.05, 0.1) is 10.5 Å². The Morgan fingerprint density at radius 3 is 3.06 bits per heavy atom. The summed E-state index contributed by atoms with van der Waals surface area (Å²) < 4.78 is 1.60. The number of hydrogen-bond donors (Lipinski definition) is 1. The molecule has 0 atom stereocenters. The van der Waals surface area contributed by atoms with Crippen molar-refractivity contribution >= 4 is 23.0 Å². The molecule has 0 aliphatic rings. The van der Waals surface area contributed by atoms with Crippen molar-refractivity contribution in [1.29, 1.82) is 0 Å². The van der Waals surface area contributed by atoms with Crippen LogP contribution in [0.1, 0.15) is 23.8 Å². The first-order chi connectivity index (χ1) is 7.74. The molecule has 0 aliphatic heterocycles. The molecule has 2 heterocycles. The second-order valence-electron chi connectivity index (χ2n) is 3.45. The lowest BCUT2D eigenvalue weighted by atomic mass is 10.3. The molecule has 1 amide bonds. The van der Waals surface area contributed by atoms with Crippen LogP contribution in [0, 0.1) is 0 Å². The largest absolute Gasteiger partial charge is 0.351 e. The Hall–Kier alpha value is -1.55. The highest BCUT2D eigenvalue weighted by molar-refractivity contribution is 6.36. The maximum absolute atomic E-state index is 11.7. The highest BCUT2D eigenvalue weighted by atomic mass is 35.5. The predicted molar refractivity (Wildman–Crippen MR) is 62.8 cm³/mol. The Labute approximate surface area is 98.2 Å². The molecular formula is C11H12ClN3O. The van der Waals surface area contributed by atoms with Crippen molar-refractivity contribution in [3.63, 3.8) is 0 Å². The monoisotopic (exact) mass is 237 g/mol. The van der Waals surface area contributed by atoms with Gasteiger partial charge in [-0.3, -0.25) is 4.79 Å². The van der Waals surface area contributed by atoms with E-state index < -0.39 is 0 Å². The number of halogens is 1. The molecule has 0 aliphatic carbocycles. The maximum Gasteiger partial charge on any atom is 0.273 e. The van der Waals surface area contributed by atoms with Gasteiger partial charge in [-0.25, -0.2) is 4.52 Å². The number of nitrogens with zero attached hydrogens (tertiary/aromatic N) is 2. The van der Waals surface area contributed by atoms with Gasteiger partial charge >= 0.3 is 0 Å². The molecule has 16 heavy (non-hydrogen) atoms. The summed E-state index contributed by atoms with van der Waals surface area (Å²) in [4.78, 5) is 11.7. The summed E-state index contributed by atoms with van der Waals surface area (Å²) in [6, 6.07) is 5.52. The van der Waals surface area contributed by atoms with Crippen molar-refractivity contribution in [1.82, 2.24) is 14.9 Å². The topological polar surface area (TPSA) is 46.4 Å². The summed E-state index contributed by atoms with van der Waals surface area (Å²) in [7, 11) is 0. The van der Waals surface area contributed by atoms with Crippen molar-refractivity contribution in [3.05, 3.63) is 35.1 Å². The minimum Gasteiger partial charge on any atom is -0.351 e. The van der Waals surface area contributed by atoms with Crippen LogP contribution in [-0.2, 0) is 0 Å². The molecule has 0 saturated heterocycles. The van der Waals surface area contributed by atoms with Crippen molar-refractivity contribution in [2.24, 2.45) is 0 Å². The number of carbonyl (C=O) groups is 1. The zero-order valence-electron chi connectivity index (χ0n) is 8.90. The number of carbonyl (C=O) groups excluding carboxylic acids is 1. The van der Waals surface area contributed by atoms with Crippen LogP contribution >= 0.6 is 11.6 Å². The number of pyridine rings is 1. The molecule has 4 nitrogen and oxygen atoms in total. The third-order valence-corrected chi connectivity index (χ3v) is 2.60. The van der Waals surface area contributed by atoms with Gasteiger partial charge in [0.1, 0.15) is 0 Å². The smallest absolute Gasteiger partial charge is 0.273 e. The van der Waals surface area contributed by atoms with Gasteiger partial charge in [-0.1, -0.05) is 24.6 Å². The van der Waals surface area contributed by atoms with Gasteiger partial charge in [-0.2, -0.15) is 5.10 Å². The number of rotatable bonds is 3. The standard InChI is InChI=1S/C11H12ClN3O/c1-2-6-13-11(16)10-9(12)8-5-3-4-7-15(8)14-10/h3-5,7H,2,6H2,1H3,(H,13,16). The van der Waals surface area contributed by atoms with E-state index in [0.717, 1.165) is 11.9 Å². The van der Waals surface area contributed by atoms with Crippen molar-refractivity contribution in [3.8, 4) is 0 Å². The van der Waals surface area contributed by atoms with Gasteiger partial charge in [0.2, 0.25) is 0 Å². The molecule has 2 aromatic heterocycles. The number of aromatic nitrogens is 2. The Kier molecular flexibility index (Phi) is 3.10. The lowest BCUT2D eigenvalue weighted by Gasteiger charge is -1.99. The van der Waals surface area contributed by atoms with Crippen LogP contribution in [-0.4, -0.2) is 22.1 Å². The molecule has 0 unspecified atom stereocenters. The van der Waals surface area contributed by atoms with Crippen LogP contribution in [0.5, 0.6) is 0 Å². The SMILES string of the molecule is CCCNC(=O)c1nn2ccccc2c1Cl. The number of hydrogen-bond acceptors (Lipinski definition) is 2. The average Bonchev–Trinajstić information content (AvgIpc) is 2.64. The minimum absolute atomic E-state index is 0.226. The first-order valence-corrected chi connectivity index (χ1v) is 5.53.